The zero-order valence-corrected chi connectivity index (χ0v) is 24.3. The van der Waals surface area contributed by atoms with Gasteiger partial charge in [0.15, 0.2) is 0 Å². The molecule has 0 saturated heterocycles. The second kappa shape index (κ2) is 12.8. The van der Waals surface area contributed by atoms with E-state index in [1.54, 1.807) is 85.8 Å². The van der Waals surface area contributed by atoms with Crippen molar-refractivity contribution < 1.29 is 18.0 Å². The quantitative estimate of drug-likeness (QED) is 0.186. The molecule has 41 heavy (non-hydrogen) atoms. The number of benzene rings is 4. The van der Waals surface area contributed by atoms with Crippen LogP contribution in [0.4, 0.5) is 11.4 Å². The van der Waals surface area contributed by atoms with E-state index in [2.05, 4.69) is 15.8 Å². The van der Waals surface area contributed by atoms with E-state index in [1.807, 2.05) is 19.9 Å². The van der Waals surface area contributed by atoms with Crippen LogP contribution in [0.5, 0.6) is 0 Å². The molecule has 0 spiro atoms. The lowest BCUT2D eigenvalue weighted by molar-refractivity contribution is -0.119. The number of carbonyl (C=O) groups is 2. The average molecular weight is 589 g/mol. The number of aryl methyl sites for hydroxylation is 2. The van der Waals surface area contributed by atoms with Crippen LogP contribution in [-0.4, -0.2) is 32.5 Å². The summed E-state index contributed by atoms with van der Waals surface area (Å²) in [4.78, 5) is 25.7. The Morgan fingerprint density at radius 3 is 2.22 bits per heavy atom. The van der Waals surface area contributed by atoms with Crippen molar-refractivity contribution in [1.29, 1.82) is 0 Å². The molecule has 0 aliphatic heterocycles. The second-order valence-corrected chi connectivity index (χ2v) is 11.7. The van der Waals surface area contributed by atoms with Gasteiger partial charge in [-0.3, -0.25) is 13.9 Å². The molecule has 210 valence electrons. The second-order valence-electron chi connectivity index (χ2n) is 9.44. The van der Waals surface area contributed by atoms with E-state index in [1.165, 1.54) is 12.1 Å². The van der Waals surface area contributed by atoms with Crippen LogP contribution in [0, 0.1) is 13.8 Å². The molecule has 0 fully saturated rings. The number of halogens is 1. The van der Waals surface area contributed by atoms with Crippen LogP contribution < -0.4 is 15.0 Å². The zero-order chi connectivity index (χ0) is 29.6. The van der Waals surface area contributed by atoms with Crippen molar-refractivity contribution in [2.24, 2.45) is 5.10 Å². The van der Waals surface area contributed by atoms with Crippen molar-refractivity contribution in [3.05, 3.63) is 124 Å². The molecule has 0 bridgehead atoms. The Morgan fingerprint density at radius 2 is 1.51 bits per heavy atom. The summed E-state index contributed by atoms with van der Waals surface area (Å²) in [6.07, 6.45) is 0. The summed E-state index contributed by atoms with van der Waals surface area (Å²) in [5, 5.41) is 7.45. The Hall–Kier alpha value is -4.47. The predicted octanol–water partition coefficient (Wildman–Crippen LogP) is 5.94. The van der Waals surface area contributed by atoms with Crippen LogP contribution in [0.25, 0.3) is 0 Å². The number of amides is 2. The van der Waals surface area contributed by atoms with Crippen LogP contribution in [0.15, 0.2) is 107 Å². The minimum absolute atomic E-state index is 0.0775. The van der Waals surface area contributed by atoms with Gasteiger partial charge in [-0.1, -0.05) is 59.6 Å². The average Bonchev–Trinajstić information content (AvgIpc) is 2.95. The highest BCUT2D eigenvalue weighted by atomic mass is 35.5. The van der Waals surface area contributed by atoms with Gasteiger partial charge in [-0.25, -0.2) is 13.8 Å². The molecule has 0 radical (unpaired) electrons. The SMILES string of the molecule is C/C(=N/NC(=O)CN(c1cccc(C)c1)S(=O)(=O)c1ccc(C)cc1)c1cccc(NC(=O)c2cccc(Cl)c2)c1. The van der Waals surface area contributed by atoms with Gasteiger partial charge in [-0.15, -0.1) is 0 Å². The maximum absolute atomic E-state index is 13.6. The summed E-state index contributed by atoms with van der Waals surface area (Å²) < 4.78 is 28.2. The Balaban J connectivity index is 1.50. The lowest BCUT2D eigenvalue weighted by Gasteiger charge is -2.24. The van der Waals surface area contributed by atoms with Crippen molar-refractivity contribution in [2.75, 3.05) is 16.2 Å². The Bertz CT molecular complexity index is 1720. The monoisotopic (exact) mass is 588 g/mol. The van der Waals surface area contributed by atoms with E-state index in [4.69, 9.17) is 11.6 Å². The van der Waals surface area contributed by atoms with E-state index in [0.29, 0.717) is 33.2 Å². The molecule has 0 aliphatic carbocycles. The molecular weight excluding hydrogens is 560 g/mol. The Morgan fingerprint density at radius 1 is 0.829 bits per heavy atom. The topological polar surface area (TPSA) is 108 Å². The smallest absolute Gasteiger partial charge is 0.264 e. The number of hydrazone groups is 1. The summed E-state index contributed by atoms with van der Waals surface area (Å²) in [5.74, 6) is -0.939. The van der Waals surface area contributed by atoms with E-state index in [9.17, 15) is 18.0 Å². The fourth-order valence-electron chi connectivity index (χ4n) is 3.97. The number of hydrogen-bond donors (Lipinski definition) is 2. The number of nitrogens with one attached hydrogen (secondary N) is 2. The number of carbonyl (C=O) groups excluding carboxylic acids is 2. The molecular formula is C31H29ClN4O4S. The third-order valence-corrected chi connectivity index (χ3v) is 8.18. The van der Waals surface area contributed by atoms with Crippen molar-refractivity contribution >= 4 is 50.5 Å². The van der Waals surface area contributed by atoms with Crippen LogP contribution in [0.3, 0.4) is 0 Å². The molecule has 0 heterocycles. The first-order chi connectivity index (χ1) is 19.5. The predicted molar refractivity (Wildman–Crippen MR) is 163 cm³/mol. The van der Waals surface area contributed by atoms with Gasteiger partial charge in [0.2, 0.25) is 0 Å². The molecule has 10 heteroatoms. The van der Waals surface area contributed by atoms with Crippen molar-refractivity contribution in [3.8, 4) is 0 Å². The van der Waals surface area contributed by atoms with E-state index >= 15 is 0 Å². The molecule has 0 unspecified atom stereocenters. The molecule has 0 aliphatic rings. The van der Waals surface area contributed by atoms with Gasteiger partial charge in [0, 0.05) is 16.3 Å². The molecule has 2 amide bonds. The van der Waals surface area contributed by atoms with Crippen molar-refractivity contribution in [3.63, 3.8) is 0 Å². The molecule has 0 aromatic heterocycles. The number of anilines is 2. The summed E-state index contributed by atoms with van der Waals surface area (Å²) >= 11 is 5.99. The maximum atomic E-state index is 13.6. The van der Waals surface area contributed by atoms with Gasteiger partial charge in [0.05, 0.1) is 16.3 Å². The van der Waals surface area contributed by atoms with Crippen molar-refractivity contribution in [2.45, 2.75) is 25.7 Å². The van der Waals surface area contributed by atoms with Crippen LogP contribution in [0.1, 0.15) is 34.0 Å². The Kier molecular flexibility index (Phi) is 9.21. The highest BCUT2D eigenvalue weighted by molar-refractivity contribution is 7.92. The van der Waals surface area contributed by atoms with E-state index < -0.39 is 22.5 Å². The molecule has 0 atom stereocenters. The van der Waals surface area contributed by atoms with Gasteiger partial charge in [0.25, 0.3) is 21.8 Å². The molecule has 2 N–H and O–H groups in total. The van der Waals surface area contributed by atoms with Crippen molar-refractivity contribution in [1.82, 2.24) is 5.43 Å². The molecule has 4 aromatic carbocycles. The van der Waals surface area contributed by atoms with Gasteiger partial charge < -0.3 is 5.32 Å². The zero-order valence-electron chi connectivity index (χ0n) is 22.8. The van der Waals surface area contributed by atoms with Gasteiger partial charge in [0.1, 0.15) is 6.54 Å². The maximum Gasteiger partial charge on any atom is 0.264 e. The molecule has 4 aromatic rings. The number of hydrogen-bond acceptors (Lipinski definition) is 5. The first kappa shape index (κ1) is 29.5. The molecule has 0 saturated carbocycles. The number of sulfonamides is 1. The van der Waals surface area contributed by atoms with Gasteiger partial charge in [-0.2, -0.15) is 5.10 Å². The fraction of sp³-hybridized carbons (Fsp3) is 0.129. The van der Waals surface area contributed by atoms with Gasteiger partial charge >= 0.3 is 0 Å². The fourth-order valence-corrected chi connectivity index (χ4v) is 5.57. The van der Waals surface area contributed by atoms with E-state index in [-0.39, 0.29) is 10.8 Å². The Labute approximate surface area is 244 Å². The summed E-state index contributed by atoms with van der Waals surface area (Å²) in [5.41, 5.74) is 6.65. The van der Waals surface area contributed by atoms with Crippen LogP contribution >= 0.6 is 11.6 Å². The molecule has 8 nitrogen and oxygen atoms in total. The summed E-state index contributed by atoms with van der Waals surface area (Å²) in [6, 6.07) is 27.0. The minimum atomic E-state index is -4.04. The largest absolute Gasteiger partial charge is 0.322 e. The van der Waals surface area contributed by atoms with Crippen LogP contribution in [-0.2, 0) is 14.8 Å². The first-order valence-corrected chi connectivity index (χ1v) is 14.5. The third-order valence-electron chi connectivity index (χ3n) is 6.16. The van der Waals surface area contributed by atoms with E-state index in [0.717, 1.165) is 15.4 Å². The number of nitrogens with zero attached hydrogens (tertiary/aromatic N) is 2. The summed E-state index contributed by atoms with van der Waals surface area (Å²) in [6.45, 7) is 4.93. The van der Waals surface area contributed by atoms with Gasteiger partial charge in [-0.05, 0) is 86.5 Å². The standard InChI is InChI=1S/C31H29ClN4O4S/c1-21-13-15-29(16-14-21)41(39,40)36(28-12-4-7-22(2)17-28)20-30(37)35-34-23(3)24-8-6-11-27(19-24)33-31(38)25-9-5-10-26(32)18-25/h4-19H,20H2,1-3H3,(H,33,38)(H,35,37)/b34-23-. The number of rotatable bonds is 9. The lowest BCUT2D eigenvalue weighted by atomic mass is 10.1. The minimum Gasteiger partial charge on any atom is -0.322 e. The normalized spacial score (nSPS) is 11.6. The first-order valence-electron chi connectivity index (χ1n) is 12.7. The lowest BCUT2D eigenvalue weighted by Crippen LogP contribution is -2.39. The third kappa shape index (κ3) is 7.59. The molecule has 4 rings (SSSR count). The highest BCUT2D eigenvalue weighted by Crippen LogP contribution is 2.25. The van der Waals surface area contributed by atoms with Crippen LogP contribution in [0.2, 0.25) is 5.02 Å². The summed E-state index contributed by atoms with van der Waals surface area (Å²) in [7, 11) is -4.04. The highest BCUT2D eigenvalue weighted by Gasteiger charge is 2.27.